The topological polar surface area (TPSA) is 34.9 Å². The van der Waals surface area contributed by atoms with Crippen LogP contribution in [-0.4, -0.2) is 15.6 Å². The van der Waals surface area contributed by atoms with E-state index in [-0.39, 0.29) is 5.56 Å². The Balaban J connectivity index is 2.28. The van der Waals surface area contributed by atoms with Crippen molar-refractivity contribution in [1.29, 1.82) is 0 Å². The molecule has 0 aliphatic carbocycles. The number of halogens is 3. The standard InChI is InChI=1S/C12H9F3N2O/c1-7(17-6-9(13)5-16-17)12(18)8-2-3-10(14)11(15)4-8/h2-7H,1H3/t7-/m0/s1. The van der Waals surface area contributed by atoms with Crippen LogP contribution < -0.4 is 0 Å². The van der Waals surface area contributed by atoms with Crippen molar-refractivity contribution in [3.8, 4) is 0 Å². The van der Waals surface area contributed by atoms with Gasteiger partial charge in [0.1, 0.15) is 6.04 Å². The quantitative estimate of drug-likeness (QED) is 0.789. The van der Waals surface area contributed by atoms with Crippen LogP contribution in [0.3, 0.4) is 0 Å². The number of nitrogens with zero attached hydrogens (tertiary/aromatic N) is 2. The van der Waals surface area contributed by atoms with Gasteiger partial charge in [-0.3, -0.25) is 9.48 Å². The molecule has 94 valence electrons. The number of hydrogen-bond acceptors (Lipinski definition) is 2. The highest BCUT2D eigenvalue weighted by molar-refractivity contribution is 5.98. The molecule has 1 atom stereocenters. The SMILES string of the molecule is C[C@@H](C(=O)c1ccc(F)c(F)c1)n1cc(F)cn1. The Morgan fingerprint density at radius 2 is 2.00 bits per heavy atom. The molecule has 18 heavy (non-hydrogen) atoms. The van der Waals surface area contributed by atoms with Crippen molar-refractivity contribution in [2.75, 3.05) is 0 Å². The van der Waals surface area contributed by atoms with E-state index in [2.05, 4.69) is 5.10 Å². The van der Waals surface area contributed by atoms with Gasteiger partial charge in [0.25, 0.3) is 0 Å². The second kappa shape index (κ2) is 4.64. The fourth-order valence-corrected chi connectivity index (χ4v) is 1.54. The molecule has 2 aromatic rings. The molecule has 3 nitrogen and oxygen atoms in total. The molecule has 0 fully saturated rings. The molecule has 0 unspecified atom stereocenters. The zero-order chi connectivity index (χ0) is 13.3. The van der Waals surface area contributed by atoms with Crippen LogP contribution in [-0.2, 0) is 0 Å². The van der Waals surface area contributed by atoms with Gasteiger partial charge in [0.15, 0.2) is 23.2 Å². The highest BCUT2D eigenvalue weighted by Crippen LogP contribution is 2.16. The van der Waals surface area contributed by atoms with E-state index in [1.165, 1.54) is 13.0 Å². The number of ketones is 1. The fourth-order valence-electron chi connectivity index (χ4n) is 1.54. The lowest BCUT2D eigenvalue weighted by molar-refractivity contribution is 0.0927. The van der Waals surface area contributed by atoms with Crippen molar-refractivity contribution in [3.63, 3.8) is 0 Å². The van der Waals surface area contributed by atoms with E-state index in [1.807, 2.05) is 0 Å². The van der Waals surface area contributed by atoms with Gasteiger partial charge >= 0.3 is 0 Å². The van der Waals surface area contributed by atoms with Gasteiger partial charge < -0.3 is 0 Å². The van der Waals surface area contributed by atoms with Crippen LogP contribution >= 0.6 is 0 Å². The van der Waals surface area contributed by atoms with E-state index in [9.17, 15) is 18.0 Å². The molecule has 0 amide bonds. The van der Waals surface area contributed by atoms with E-state index < -0.39 is 29.3 Å². The third-order valence-electron chi connectivity index (χ3n) is 2.55. The molecule has 1 heterocycles. The Bertz CT molecular complexity index is 595. The van der Waals surface area contributed by atoms with Crippen molar-refractivity contribution in [1.82, 2.24) is 9.78 Å². The van der Waals surface area contributed by atoms with Crippen LogP contribution in [0, 0.1) is 17.5 Å². The lowest BCUT2D eigenvalue weighted by Gasteiger charge is -2.10. The van der Waals surface area contributed by atoms with Crippen molar-refractivity contribution >= 4 is 5.78 Å². The van der Waals surface area contributed by atoms with E-state index >= 15 is 0 Å². The van der Waals surface area contributed by atoms with Gasteiger partial charge in [0.05, 0.1) is 12.4 Å². The third kappa shape index (κ3) is 2.27. The zero-order valence-corrected chi connectivity index (χ0v) is 9.40. The third-order valence-corrected chi connectivity index (χ3v) is 2.55. The van der Waals surface area contributed by atoms with Gasteiger partial charge in [0, 0.05) is 5.56 Å². The monoisotopic (exact) mass is 254 g/mol. The van der Waals surface area contributed by atoms with E-state index in [0.29, 0.717) is 0 Å². The van der Waals surface area contributed by atoms with Crippen LogP contribution in [0.2, 0.25) is 0 Å². The summed E-state index contributed by atoms with van der Waals surface area (Å²) >= 11 is 0. The molecular formula is C12H9F3N2O. The van der Waals surface area contributed by atoms with E-state index in [1.54, 1.807) is 0 Å². The Morgan fingerprint density at radius 3 is 2.56 bits per heavy atom. The molecule has 1 aromatic carbocycles. The smallest absolute Gasteiger partial charge is 0.187 e. The lowest BCUT2D eigenvalue weighted by Crippen LogP contribution is -2.17. The summed E-state index contributed by atoms with van der Waals surface area (Å²) in [6, 6.07) is 2.07. The van der Waals surface area contributed by atoms with Crippen molar-refractivity contribution < 1.29 is 18.0 Å². The average Bonchev–Trinajstić information content (AvgIpc) is 2.77. The van der Waals surface area contributed by atoms with Crippen LogP contribution in [0.25, 0.3) is 0 Å². The second-order valence-electron chi connectivity index (χ2n) is 3.81. The van der Waals surface area contributed by atoms with Crippen LogP contribution in [0.1, 0.15) is 23.3 Å². The minimum absolute atomic E-state index is 0.0114. The molecule has 0 saturated carbocycles. The van der Waals surface area contributed by atoms with Gasteiger partial charge in [-0.2, -0.15) is 5.10 Å². The first-order chi connectivity index (χ1) is 8.49. The molecule has 2 rings (SSSR count). The molecule has 0 aliphatic heterocycles. The normalized spacial score (nSPS) is 12.4. The summed E-state index contributed by atoms with van der Waals surface area (Å²) in [5.74, 6) is -3.17. The van der Waals surface area contributed by atoms with Gasteiger partial charge in [-0.1, -0.05) is 0 Å². The van der Waals surface area contributed by atoms with Gasteiger partial charge in [0.2, 0.25) is 0 Å². The number of carbonyl (C=O) groups excluding carboxylic acids is 1. The Hall–Kier alpha value is -2.11. The predicted molar refractivity (Wildman–Crippen MR) is 57.6 cm³/mol. The molecule has 0 saturated heterocycles. The second-order valence-corrected chi connectivity index (χ2v) is 3.81. The summed E-state index contributed by atoms with van der Waals surface area (Å²) in [7, 11) is 0. The summed E-state index contributed by atoms with van der Waals surface area (Å²) in [6.07, 6.45) is 2.03. The van der Waals surface area contributed by atoms with E-state index in [4.69, 9.17) is 0 Å². The summed E-state index contributed by atoms with van der Waals surface area (Å²) in [6.45, 7) is 1.50. The number of Topliss-reactive ketones (excluding diaryl/α,β-unsaturated/α-hetero) is 1. The maximum atomic E-state index is 13.0. The van der Waals surface area contributed by atoms with Crippen molar-refractivity contribution in [3.05, 3.63) is 53.6 Å². The average molecular weight is 254 g/mol. The highest BCUT2D eigenvalue weighted by Gasteiger charge is 2.19. The first-order valence-corrected chi connectivity index (χ1v) is 5.18. The van der Waals surface area contributed by atoms with Gasteiger partial charge in [-0.05, 0) is 25.1 Å². The molecule has 0 radical (unpaired) electrons. The number of hydrogen-bond donors (Lipinski definition) is 0. The molecule has 1 aromatic heterocycles. The van der Waals surface area contributed by atoms with Gasteiger partial charge in [-0.15, -0.1) is 0 Å². The molecule has 0 N–H and O–H groups in total. The van der Waals surface area contributed by atoms with Crippen LogP contribution in [0.4, 0.5) is 13.2 Å². The Labute approximate surface area is 101 Å². The molecular weight excluding hydrogens is 245 g/mol. The highest BCUT2D eigenvalue weighted by atomic mass is 19.2. The van der Waals surface area contributed by atoms with Crippen molar-refractivity contribution in [2.45, 2.75) is 13.0 Å². The summed E-state index contributed by atoms with van der Waals surface area (Å²) < 4.78 is 39.6. The lowest BCUT2D eigenvalue weighted by atomic mass is 10.1. The number of carbonyl (C=O) groups is 1. The number of benzene rings is 1. The largest absolute Gasteiger partial charge is 0.292 e. The minimum atomic E-state index is -1.10. The number of rotatable bonds is 3. The molecule has 0 spiro atoms. The zero-order valence-electron chi connectivity index (χ0n) is 9.40. The Kier molecular flexibility index (Phi) is 3.18. The molecule has 0 bridgehead atoms. The van der Waals surface area contributed by atoms with E-state index in [0.717, 1.165) is 29.2 Å². The van der Waals surface area contributed by atoms with Crippen molar-refractivity contribution in [2.24, 2.45) is 0 Å². The fraction of sp³-hybridized carbons (Fsp3) is 0.167. The maximum Gasteiger partial charge on any atom is 0.187 e. The number of aromatic nitrogens is 2. The molecule has 0 aliphatic rings. The van der Waals surface area contributed by atoms with Crippen LogP contribution in [0.5, 0.6) is 0 Å². The van der Waals surface area contributed by atoms with Gasteiger partial charge in [-0.25, -0.2) is 13.2 Å². The first-order valence-electron chi connectivity index (χ1n) is 5.18. The molecule has 6 heteroatoms. The summed E-state index contributed by atoms with van der Waals surface area (Å²) in [4.78, 5) is 11.9. The van der Waals surface area contributed by atoms with Crippen LogP contribution in [0.15, 0.2) is 30.6 Å². The Morgan fingerprint density at radius 1 is 1.28 bits per heavy atom. The maximum absolute atomic E-state index is 13.0. The summed E-state index contributed by atoms with van der Waals surface area (Å²) in [5.41, 5.74) is 0.0114. The minimum Gasteiger partial charge on any atom is -0.292 e. The first kappa shape index (κ1) is 12.3. The predicted octanol–water partition coefficient (Wildman–Crippen LogP) is 2.74. The summed E-state index contributed by atoms with van der Waals surface area (Å²) in [5, 5.41) is 3.66.